The summed E-state index contributed by atoms with van der Waals surface area (Å²) in [4.78, 5) is 3.97. The van der Waals surface area contributed by atoms with Gasteiger partial charge >= 0.3 is 0 Å². The lowest BCUT2D eigenvalue weighted by molar-refractivity contribution is 0.0786. The van der Waals surface area contributed by atoms with E-state index in [9.17, 15) is 5.11 Å². The minimum atomic E-state index is -0.128. The maximum absolute atomic E-state index is 9.49. The number of para-hydroxylation sites is 1. The number of aliphatic hydroxyl groups is 1. The zero-order valence-corrected chi connectivity index (χ0v) is 10.8. The van der Waals surface area contributed by atoms with Crippen molar-refractivity contribution in [3.63, 3.8) is 0 Å². The van der Waals surface area contributed by atoms with Gasteiger partial charge in [-0.05, 0) is 25.0 Å². The minimum absolute atomic E-state index is 0.128. The number of hydrogen-bond donors (Lipinski definition) is 1. The van der Waals surface area contributed by atoms with E-state index in [1.165, 1.54) is 0 Å². The molecule has 0 bridgehead atoms. The van der Waals surface area contributed by atoms with E-state index in [0.717, 1.165) is 43.9 Å². The molecule has 0 radical (unpaired) electrons. The van der Waals surface area contributed by atoms with Gasteiger partial charge in [0.15, 0.2) is 0 Å². The number of hydrogen-bond acceptors (Lipinski definition) is 4. The summed E-state index contributed by atoms with van der Waals surface area (Å²) in [6.07, 6.45) is 3.40. The predicted molar refractivity (Wildman–Crippen MR) is 71.9 cm³/mol. The fraction of sp³-hybridized carbons (Fsp3) is 0.429. The second-order valence-corrected chi connectivity index (χ2v) is 4.97. The Labute approximate surface area is 112 Å². The van der Waals surface area contributed by atoms with E-state index in [1.807, 2.05) is 36.5 Å². The second kappa shape index (κ2) is 5.50. The standard InChI is InChI=1S/C14H18N4O/c19-14-6-8-17(9-7-14)11-12-10-15-18(16-12)13-4-2-1-3-5-13/h1-5,10,14,19H,6-9,11H2. The topological polar surface area (TPSA) is 54.2 Å². The van der Waals surface area contributed by atoms with Gasteiger partial charge in [0.1, 0.15) is 0 Å². The van der Waals surface area contributed by atoms with Crippen LogP contribution in [-0.2, 0) is 6.54 Å². The van der Waals surface area contributed by atoms with Gasteiger partial charge in [-0.1, -0.05) is 18.2 Å². The van der Waals surface area contributed by atoms with Gasteiger partial charge < -0.3 is 5.11 Å². The molecule has 2 heterocycles. The van der Waals surface area contributed by atoms with E-state index < -0.39 is 0 Å². The van der Waals surface area contributed by atoms with Gasteiger partial charge in [-0.15, -0.1) is 0 Å². The number of rotatable bonds is 3. The van der Waals surface area contributed by atoms with Crippen molar-refractivity contribution in [2.45, 2.75) is 25.5 Å². The molecule has 5 heteroatoms. The molecule has 100 valence electrons. The summed E-state index contributed by atoms with van der Waals surface area (Å²) in [6, 6.07) is 9.91. The van der Waals surface area contributed by atoms with E-state index in [4.69, 9.17) is 0 Å². The second-order valence-electron chi connectivity index (χ2n) is 4.97. The highest BCUT2D eigenvalue weighted by molar-refractivity contribution is 5.28. The molecule has 1 aromatic heterocycles. The first kappa shape index (κ1) is 12.3. The summed E-state index contributed by atoms with van der Waals surface area (Å²) in [6.45, 7) is 2.66. The fourth-order valence-electron chi connectivity index (χ4n) is 2.36. The van der Waals surface area contributed by atoms with Gasteiger partial charge in [-0.25, -0.2) is 0 Å². The average Bonchev–Trinajstić information content (AvgIpc) is 2.91. The highest BCUT2D eigenvalue weighted by Crippen LogP contribution is 2.13. The molecule has 0 aliphatic carbocycles. The number of likely N-dealkylation sites (tertiary alicyclic amines) is 1. The van der Waals surface area contributed by atoms with Crippen molar-refractivity contribution in [2.75, 3.05) is 13.1 Å². The van der Waals surface area contributed by atoms with Gasteiger partial charge in [0.05, 0.1) is 23.7 Å². The SMILES string of the molecule is OC1CCN(Cc2cnn(-c3ccccc3)n2)CC1. The minimum Gasteiger partial charge on any atom is -0.393 e. The Balaban J connectivity index is 1.65. The Bertz CT molecular complexity index is 517. The number of nitrogens with zero attached hydrogens (tertiary/aromatic N) is 4. The first-order chi connectivity index (χ1) is 9.31. The highest BCUT2D eigenvalue weighted by Gasteiger charge is 2.17. The summed E-state index contributed by atoms with van der Waals surface area (Å²) in [7, 11) is 0. The lowest BCUT2D eigenvalue weighted by Crippen LogP contribution is -2.35. The van der Waals surface area contributed by atoms with E-state index in [1.54, 1.807) is 4.80 Å². The number of aliphatic hydroxyl groups excluding tert-OH is 1. The Morgan fingerprint density at radius 2 is 1.89 bits per heavy atom. The molecule has 1 saturated heterocycles. The van der Waals surface area contributed by atoms with Gasteiger partial charge in [0.25, 0.3) is 0 Å². The largest absolute Gasteiger partial charge is 0.393 e. The van der Waals surface area contributed by atoms with Crippen LogP contribution in [0.1, 0.15) is 18.5 Å². The van der Waals surface area contributed by atoms with Crippen molar-refractivity contribution in [3.8, 4) is 5.69 Å². The molecule has 3 rings (SSSR count). The molecule has 0 atom stereocenters. The molecule has 1 aromatic carbocycles. The molecule has 5 nitrogen and oxygen atoms in total. The summed E-state index contributed by atoms with van der Waals surface area (Å²) >= 11 is 0. The third-order valence-electron chi connectivity index (χ3n) is 3.47. The van der Waals surface area contributed by atoms with Crippen molar-refractivity contribution >= 4 is 0 Å². The van der Waals surface area contributed by atoms with Crippen LogP contribution in [0, 0.1) is 0 Å². The lowest BCUT2D eigenvalue weighted by atomic mass is 10.1. The van der Waals surface area contributed by atoms with Crippen LogP contribution >= 0.6 is 0 Å². The molecule has 0 saturated carbocycles. The molecule has 1 aliphatic rings. The molecule has 2 aromatic rings. The van der Waals surface area contributed by atoms with Crippen molar-refractivity contribution in [1.82, 2.24) is 19.9 Å². The van der Waals surface area contributed by atoms with Gasteiger partial charge in [-0.2, -0.15) is 15.0 Å². The molecule has 1 fully saturated rings. The molecule has 0 unspecified atom stereocenters. The van der Waals surface area contributed by atoms with E-state index >= 15 is 0 Å². The quantitative estimate of drug-likeness (QED) is 0.899. The summed E-state index contributed by atoms with van der Waals surface area (Å²) in [5, 5.41) is 18.3. The van der Waals surface area contributed by atoms with Crippen molar-refractivity contribution < 1.29 is 5.11 Å². The number of benzene rings is 1. The fourth-order valence-corrected chi connectivity index (χ4v) is 2.36. The first-order valence-electron chi connectivity index (χ1n) is 6.68. The van der Waals surface area contributed by atoms with Gasteiger partial charge in [0, 0.05) is 19.6 Å². The highest BCUT2D eigenvalue weighted by atomic mass is 16.3. The van der Waals surface area contributed by atoms with Crippen LogP contribution in [-0.4, -0.2) is 44.2 Å². The van der Waals surface area contributed by atoms with E-state index in [2.05, 4.69) is 15.1 Å². The normalized spacial score (nSPS) is 17.7. The summed E-state index contributed by atoms with van der Waals surface area (Å²) in [5.41, 5.74) is 1.95. The lowest BCUT2D eigenvalue weighted by Gasteiger charge is -2.28. The van der Waals surface area contributed by atoms with Gasteiger partial charge in [0.2, 0.25) is 0 Å². The molecular weight excluding hydrogens is 240 g/mol. The van der Waals surface area contributed by atoms with Crippen molar-refractivity contribution in [2.24, 2.45) is 0 Å². The van der Waals surface area contributed by atoms with Crippen LogP contribution in [0.15, 0.2) is 36.5 Å². The van der Waals surface area contributed by atoms with Crippen molar-refractivity contribution in [1.29, 1.82) is 0 Å². The Kier molecular flexibility index (Phi) is 3.57. The van der Waals surface area contributed by atoms with Crippen molar-refractivity contribution in [3.05, 3.63) is 42.2 Å². The number of aromatic nitrogens is 3. The van der Waals surface area contributed by atoms with Crippen LogP contribution in [0.25, 0.3) is 5.69 Å². The van der Waals surface area contributed by atoms with E-state index in [-0.39, 0.29) is 6.10 Å². The monoisotopic (exact) mass is 258 g/mol. The maximum atomic E-state index is 9.49. The van der Waals surface area contributed by atoms with Crippen LogP contribution in [0.2, 0.25) is 0 Å². The maximum Gasteiger partial charge on any atom is 0.0971 e. The molecule has 19 heavy (non-hydrogen) atoms. The third kappa shape index (κ3) is 3.00. The molecule has 1 N–H and O–H groups in total. The summed E-state index contributed by atoms with van der Waals surface area (Å²) in [5.74, 6) is 0. The smallest absolute Gasteiger partial charge is 0.0971 e. The third-order valence-corrected chi connectivity index (χ3v) is 3.47. The zero-order chi connectivity index (χ0) is 13.1. The molecule has 0 amide bonds. The van der Waals surface area contributed by atoms with Gasteiger partial charge in [-0.3, -0.25) is 4.90 Å². The van der Waals surface area contributed by atoms with E-state index in [0.29, 0.717) is 0 Å². The zero-order valence-electron chi connectivity index (χ0n) is 10.8. The van der Waals surface area contributed by atoms with Crippen LogP contribution in [0.5, 0.6) is 0 Å². The Morgan fingerprint density at radius 1 is 1.16 bits per heavy atom. The molecule has 1 aliphatic heterocycles. The molecule has 0 spiro atoms. The summed E-state index contributed by atoms with van der Waals surface area (Å²) < 4.78 is 0. The van der Waals surface area contributed by atoms with Crippen LogP contribution in [0.3, 0.4) is 0 Å². The Morgan fingerprint density at radius 3 is 2.63 bits per heavy atom. The Hall–Kier alpha value is -1.72. The van der Waals surface area contributed by atoms with Crippen LogP contribution in [0.4, 0.5) is 0 Å². The molecular formula is C14H18N4O. The predicted octanol–water partition coefficient (Wildman–Crippen LogP) is 1.22. The van der Waals surface area contributed by atoms with Crippen LogP contribution < -0.4 is 0 Å². The number of piperidine rings is 1. The average molecular weight is 258 g/mol. The first-order valence-corrected chi connectivity index (χ1v) is 6.68.